The Kier molecular flexibility index (Phi) is 3.38. The van der Waals surface area contributed by atoms with Crippen LogP contribution < -0.4 is 4.74 Å². The van der Waals surface area contributed by atoms with Crippen LogP contribution in [-0.4, -0.2) is 21.2 Å². The van der Waals surface area contributed by atoms with Gasteiger partial charge in [0, 0.05) is 17.9 Å². The lowest BCUT2D eigenvalue weighted by Gasteiger charge is -1.97. The molecule has 0 unspecified atom stereocenters. The minimum Gasteiger partial charge on any atom is -0.485 e. The number of thiophene rings is 1. The van der Waals surface area contributed by atoms with Crippen LogP contribution in [0.5, 0.6) is 5.75 Å². The fraction of sp³-hybridized carbons (Fsp3) is 0.300. The summed E-state index contributed by atoms with van der Waals surface area (Å²) in [6.45, 7) is 2.08. The van der Waals surface area contributed by atoms with Crippen molar-refractivity contribution in [2.45, 2.75) is 20.0 Å². The predicted molar refractivity (Wildman–Crippen MR) is 59.3 cm³/mol. The summed E-state index contributed by atoms with van der Waals surface area (Å²) < 4.78 is 10.3. The number of aromatic carboxylic acids is 1. The van der Waals surface area contributed by atoms with Gasteiger partial charge in [0.15, 0.2) is 6.61 Å². The standard InChI is InChI=1S/C10H10N2O4S/c1-2-9-11-8(12-16-9)4-15-6-3-7(10(13)14)17-5-6/h3,5H,2,4H2,1H3,(H,13,14). The van der Waals surface area contributed by atoms with E-state index >= 15 is 0 Å². The first-order valence-corrected chi connectivity index (χ1v) is 5.83. The fourth-order valence-corrected chi connectivity index (χ4v) is 1.81. The van der Waals surface area contributed by atoms with Crippen LogP contribution in [0.1, 0.15) is 28.3 Å². The van der Waals surface area contributed by atoms with E-state index in [2.05, 4.69) is 10.1 Å². The number of hydrogen-bond donors (Lipinski definition) is 1. The molecule has 0 fully saturated rings. The van der Waals surface area contributed by atoms with Gasteiger partial charge in [0.05, 0.1) is 0 Å². The molecule has 0 saturated carbocycles. The van der Waals surface area contributed by atoms with Crippen molar-refractivity contribution < 1.29 is 19.2 Å². The molecule has 0 aliphatic carbocycles. The lowest BCUT2D eigenvalue weighted by Crippen LogP contribution is -1.97. The van der Waals surface area contributed by atoms with E-state index in [1.54, 1.807) is 5.38 Å². The van der Waals surface area contributed by atoms with Crippen LogP contribution in [0.3, 0.4) is 0 Å². The highest BCUT2D eigenvalue weighted by Gasteiger charge is 2.09. The second-order valence-corrected chi connectivity index (χ2v) is 4.11. The summed E-state index contributed by atoms with van der Waals surface area (Å²) in [5, 5.41) is 14.1. The van der Waals surface area contributed by atoms with Gasteiger partial charge >= 0.3 is 5.97 Å². The van der Waals surface area contributed by atoms with Gasteiger partial charge in [0.1, 0.15) is 10.6 Å². The average molecular weight is 254 g/mol. The quantitative estimate of drug-likeness (QED) is 0.877. The SMILES string of the molecule is CCc1nc(COc2csc(C(=O)O)c2)no1. The zero-order valence-corrected chi connectivity index (χ0v) is 9.86. The summed E-state index contributed by atoms with van der Waals surface area (Å²) >= 11 is 1.11. The van der Waals surface area contributed by atoms with Gasteiger partial charge in [-0.05, 0) is 0 Å². The summed E-state index contributed by atoms with van der Waals surface area (Å²) in [6, 6.07) is 1.47. The van der Waals surface area contributed by atoms with Crippen LogP contribution >= 0.6 is 11.3 Å². The Labute approximate surface area is 101 Å². The maximum Gasteiger partial charge on any atom is 0.346 e. The smallest absolute Gasteiger partial charge is 0.346 e. The van der Waals surface area contributed by atoms with Gasteiger partial charge < -0.3 is 14.4 Å². The molecule has 1 N–H and O–H groups in total. The first-order chi connectivity index (χ1) is 8.19. The first-order valence-electron chi connectivity index (χ1n) is 4.95. The molecule has 2 aromatic rings. The van der Waals surface area contributed by atoms with Gasteiger partial charge in [0.2, 0.25) is 11.7 Å². The molecule has 0 aliphatic heterocycles. The van der Waals surface area contributed by atoms with Crippen LogP contribution in [0, 0.1) is 0 Å². The highest BCUT2D eigenvalue weighted by molar-refractivity contribution is 7.12. The Morgan fingerprint density at radius 3 is 3.06 bits per heavy atom. The number of aromatic nitrogens is 2. The zero-order valence-electron chi connectivity index (χ0n) is 9.04. The molecule has 7 heteroatoms. The van der Waals surface area contributed by atoms with Crippen molar-refractivity contribution in [1.29, 1.82) is 0 Å². The van der Waals surface area contributed by atoms with Gasteiger partial charge in [-0.15, -0.1) is 11.3 Å². The normalized spacial score (nSPS) is 10.4. The molecule has 0 amide bonds. The molecule has 90 valence electrons. The van der Waals surface area contributed by atoms with Crippen molar-refractivity contribution >= 4 is 17.3 Å². The van der Waals surface area contributed by atoms with E-state index in [1.807, 2.05) is 6.92 Å². The maximum atomic E-state index is 10.6. The van der Waals surface area contributed by atoms with Crippen LogP contribution in [0.25, 0.3) is 0 Å². The highest BCUT2D eigenvalue weighted by atomic mass is 32.1. The molecule has 2 heterocycles. The number of rotatable bonds is 5. The minimum atomic E-state index is -0.960. The lowest BCUT2D eigenvalue weighted by atomic mass is 10.4. The maximum absolute atomic E-state index is 10.6. The molecule has 0 atom stereocenters. The Morgan fingerprint density at radius 1 is 1.65 bits per heavy atom. The second-order valence-electron chi connectivity index (χ2n) is 3.20. The van der Waals surface area contributed by atoms with Crippen LogP contribution in [-0.2, 0) is 13.0 Å². The summed E-state index contributed by atoms with van der Waals surface area (Å²) in [5.74, 6) is 0.540. The molecule has 0 radical (unpaired) electrons. The van der Waals surface area contributed by atoms with E-state index in [1.165, 1.54) is 6.07 Å². The van der Waals surface area contributed by atoms with E-state index in [0.29, 0.717) is 23.9 Å². The van der Waals surface area contributed by atoms with Gasteiger partial charge in [0.25, 0.3) is 0 Å². The van der Waals surface area contributed by atoms with E-state index < -0.39 is 5.97 Å². The number of ether oxygens (including phenoxy) is 1. The zero-order chi connectivity index (χ0) is 12.3. The third-order valence-corrected chi connectivity index (χ3v) is 2.86. The van der Waals surface area contributed by atoms with Crippen molar-refractivity contribution in [3.8, 4) is 5.75 Å². The Bertz CT molecular complexity index is 520. The molecule has 2 rings (SSSR count). The number of nitrogens with zero attached hydrogens (tertiary/aromatic N) is 2. The van der Waals surface area contributed by atoms with E-state index in [-0.39, 0.29) is 11.5 Å². The molecule has 0 bridgehead atoms. The van der Waals surface area contributed by atoms with Gasteiger partial charge in [-0.1, -0.05) is 12.1 Å². The summed E-state index contributed by atoms with van der Waals surface area (Å²) in [6.07, 6.45) is 0.675. The van der Waals surface area contributed by atoms with E-state index in [9.17, 15) is 4.79 Å². The van der Waals surface area contributed by atoms with Gasteiger partial charge in [-0.25, -0.2) is 4.79 Å². The van der Waals surface area contributed by atoms with E-state index in [0.717, 1.165) is 11.3 Å². The van der Waals surface area contributed by atoms with Crippen molar-refractivity contribution in [3.63, 3.8) is 0 Å². The number of carboxylic acids is 1. The van der Waals surface area contributed by atoms with Gasteiger partial charge in [-0.3, -0.25) is 0 Å². The average Bonchev–Trinajstić information content (AvgIpc) is 2.95. The van der Waals surface area contributed by atoms with Crippen molar-refractivity contribution in [2.75, 3.05) is 0 Å². The fourth-order valence-electron chi connectivity index (χ4n) is 1.15. The van der Waals surface area contributed by atoms with Crippen molar-refractivity contribution in [1.82, 2.24) is 10.1 Å². The molecular formula is C10H10N2O4S. The lowest BCUT2D eigenvalue weighted by molar-refractivity contribution is 0.0702. The van der Waals surface area contributed by atoms with E-state index in [4.69, 9.17) is 14.4 Å². The molecule has 0 aromatic carbocycles. The molecule has 6 nitrogen and oxygen atoms in total. The molecule has 2 aromatic heterocycles. The Hall–Kier alpha value is -1.89. The number of carboxylic acid groups (broad SMARTS) is 1. The number of hydrogen-bond acceptors (Lipinski definition) is 6. The topological polar surface area (TPSA) is 85.5 Å². The summed E-state index contributed by atoms with van der Waals surface area (Å²) in [5.41, 5.74) is 0. The van der Waals surface area contributed by atoms with Crippen LogP contribution in [0.15, 0.2) is 16.0 Å². The second kappa shape index (κ2) is 4.96. The monoisotopic (exact) mass is 254 g/mol. The molecule has 0 saturated heterocycles. The molecule has 0 aliphatic rings. The predicted octanol–water partition coefficient (Wildman–Crippen LogP) is 1.97. The number of carbonyl (C=O) groups is 1. The van der Waals surface area contributed by atoms with Crippen molar-refractivity contribution in [3.05, 3.63) is 28.0 Å². The first kappa shape index (κ1) is 11.6. The summed E-state index contributed by atoms with van der Waals surface area (Å²) in [4.78, 5) is 15.0. The van der Waals surface area contributed by atoms with Crippen LogP contribution in [0.4, 0.5) is 0 Å². The van der Waals surface area contributed by atoms with Gasteiger partial charge in [-0.2, -0.15) is 4.98 Å². The Balaban J connectivity index is 1.94. The Morgan fingerprint density at radius 2 is 2.47 bits per heavy atom. The number of aryl methyl sites for hydroxylation is 1. The minimum absolute atomic E-state index is 0.166. The molecule has 0 spiro atoms. The molecular weight excluding hydrogens is 244 g/mol. The third-order valence-electron chi connectivity index (χ3n) is 1.97. The van der Waals surface area contributed by atoms with Crippen molar-refractivity contribution in [2.24, 2.45) is 0 Å². The third kappa shape index (κ3) is 2.82. The molecule has 17 heavy (non-hydrogen) atoms. The highest BCUT2D eigenvalue weighted by Crippen LogP contribution is 2.22. The largest absolute Gasteiger partial charge is 0.485 e. The summed E-state index contributed by atoms with van der Waals surface area (Å²) in [7, 11) is 0. The van der Waals surface area contributed by atoms with Crippen LogP contribution in [0.2, 0.25) is 0 Å².